The number of ether oxygens (including phenoxy) is 1. The first kappa shape index (κ1) is 14.9. The van der Waals surface area contributed by atoms with Gasteiger partial charge in [-0.25, -0.2) is 0 Å². The Bertz CT molecular complexity index is 780. The number of hydrogen-bond donors (Lipinski definition) is 1. The highest BCUT2D eigenvalue weighted by Crippen LogP contribution is 2.20. The van der Waals surface area contributed by atoms with E-state index in [1.165, 1.54) is 0 Å². The van der Waals surface area contributed by atoms with E-state index in [0.29, 0.717) is 12.2 Å². The Hall–Kier alpha value is -3.07. The lowest BCUT2D eigenvalue weighted by Gasteiger charge is -2.06. The van der Waals surface area contributed by atoms with Gasteiger partial charge < -0.3 is 9.84 Å². The van der Waals surface area contributed by atoms with Crippen LogP contribution in [0, 0.1) is 0 Å². The summed E-state index contributed by atoms with van der Waals surface area (Å²) in [6.07, 6.45) is 1.65. The van der Waals surface area contributed by atoms with E-state index in [0.717, 1.165) is 17.0 Å². The molecule has 0 unspecified atom stereocenters. The molecule has 0 radical (unpaired) electrons. The highest BCUT2D eigenvalue weighted by Gasteiger charge is 1.97. The maximum atomic E-state index is 9.70. The fourth-order valence-corrected chi connectivity index (χ4v) is 2.11. The Morgan fingerprint density at radius 3 is 2.26 bits per heavy atom. The van der Waals surface area contributed by atoms with Crippen molar-refractivity contribution in [1.29, 1.82) is 0 Å². The summed E-state index contributed by atoms with van der Waals surface area (Å²) in [6, 6.07) is 24.7. The number of benzene rings is 3. The number of rotatable bonds is 5. The first-order valence-corrected chi connectivity index (χ1v) is 7.40. The molecule has 0 fully saturated rings. The molecule has 3 rings (SSSR count). The van der Waals surface area contributed by atoms with Crippen molar-refractivity contribution in [3.8, 4) is 11.5 Å². The van der Waals surface area contributed by atoms with Crippen LogP contribution in [0.15, 0.2) is 83.9 Å². The molecule has 1 N–H and O–H groups in total. The predicted molar refractivity (Wildman–Crippen MR) is 92.6 cm³/mol. The zero-order valence-electron chi connectivity index (χ0n) is 12.6. The third-order valence-corrected chi connectivity index (χ3v) is 3.37. The molecule has 0 saturated heterocycles. The zero-order chi connectivity index (χ0) is 15.9. The highest BCUT2D eigenvalue weighted by molar-refractivity contribution is 5.85. The predicted octanol–water partition coefficient (Wildman–Crippen LogP) is 4.72. The third kappa shape index (κ3) is 4.20. The van der Waals surface area contributed by atoms with Crippen LogP contribution in [-0.2, 0) is 6.61 Å². The van der Waals surface area contributed by atoms with Crippen molar-refractivity contribution in [1.82, 2.24) is 0 Å². The van der Waals surface area contributed by atoms with E-state index >= 15 is 0 Å². The van der Waals surface area contributed by atoms with E-state index in [9.17, 15) is 5.11 Å². The summed E-state index contributed by atoms with van der Waals surface area (Å²) in [5.74, 6) is 1.02. The van der Waals surface area contributed by atoms with Crippen molar-refractivity contribution in [2.75, 3.05) is 0 Å². The molecule has 0 aliphatic rings. The van der Waals surface area contributed by atoms with E-state index in [1.54, 1.807) is 18.3 Å². The van der Waals surface area contributed by atoms with Crippen molar-refractivity contribution in [2.45, 2.75) is 6.61 Å². The number of para-hydroxylation sites is 1. The lowest BCUT2D eigenvalue weighted by molar-refractivity contribution is 0.306. The van der Waals surface area contributed by atoms with Crippen LogP contribution in [0.3, 0.4) is 0 Å². The quantitative estimate of drug-likeness (QED) is 0.693. The SMILES string of the molecule is Oc1ccccc1C=Nc1ccc(OCc2ccccc2)cc1. The number of phenols is 1. The molecule has 114 valence electrons. The second-order valence-corrected chi connectivity index (χ2v) is 5.09. The van der Waals surface area contributed by atoms with Gasteiger partial charge in [0.1, 0.15) is 18.1 Å². The Labute approximate surface area is 135 Å². The number of hydrogen-bond acceptors (Lipinski definition) is 3. The molecule has 0 saturated carbocycles. The first-order chi connectivity index (χ1) is 11.3. The minimum absolute atomic E-state index is 0.221. The molecule has 0 bridgehead atoms. The second-order valence-electron chi connectivity index (χ2n) is 5.09. The lowest BCUT2D eigenvalue weighted by atomic mass is 10.2. The maximum Gasteiger partial charge on any atom is 0.124 e. The molecule has 0 heterocycles. The standard InChI is InChI=1S/C20H17NO2/c22-20-9-5-4-8-17(20)14-21-18-10-12-19(13-11-18)23-15-16-6-2-1-3-7-16/h1-14,22H,15H2. The molecule has 3 nitrogen and oxygen atoms in total. The normalized spacial score (nSPS) is 10.8. The van der Waals surface area contributed by atoms with Gasteiger partial charge in [-0.15, -0.1) is 0 Å². The number of aromatic hydroxyl groups is 1. The summed E-state index contributed by atoms with van der Waals surface area (Å²) in [5.41, 5.74) is 2.63. The van der Waals surface area contributed by atoms with Crippen LogP contribution in [0.1, 0.15) is 11.1 Å². The van der Waals surface area contributed by atoms with Crippen LogP contribution in [0.5, 0.6) is 11.5 Å². The summed E-state index contributed by atoms with van der Waals surface area (Å²) < 4.78 is 5.74. The minimum atomic E-state index is 0.221. The molecule has 0 spiro atoms. The van der Waals surface area contributed by atoms with E-state index in [1.807, 2.05) is 66.7 Å². The minimum Gasteiger partial charge on any atom is -0.507 e. The molecule has 0 aliphatic carbocycles. The molecule has 23 heavy (non-hydrogen) atoms. The van der Waals surface area contributed by atoms with Crippen LogP contribution in [0.25, 0.3) is 0 Å². The Morgan fingerprint density at radius 2 is 1.52 bits per heavy atom. The van der Waals surface area contributed by atoms with Gasteiger partial charge in [0.25, 0.3) is 0 Å². The van der Waals surface area contributed by atoms with E-state index in [4.69, 9.17) is 4.74 Å². The van der Waals surface area contributed by atoms with Gasteiger partial charge in [-0.05, 0) is 42.0 Å². The Kier molecular flexibility index (Phi) is 4.69. The van der Waals surface area contributed by atoms with E-state index < -0.39 is 0 Å². The van der Waals surface area contributed by atoms with Crippen LogP contribution in [0.2, 0.25) is 0 Å². The van der Waals surface area contributed by atoms with Gasteiger partial charge in [0.2, 0.25) is 0 Å². The Balaban J connectivity index is 1.62. The maximum absolute atomic E-state index is 9.70. The van der Waals surface area contributed by atoms with Crippen LogP contribution in [-0.4, -0.2) is 11.3 Å². The van der Waals surface area contributed by atoms with Gasteiger partial charge in [0.15, 0.2) is 0 Å². The Morgan fingerprint density at radius 1 is 0.826 bits per heavy atom. The highest BCUT2D eigenvalue weighted by atomic mass is 16.5. The van der Waals surface area contributed by atoms with Gasteiger partial charge in [-0.3, -0.25) is 4.99 Å². The summed E-state index contributed by atoms with van der Waals surface area (Å²) in [7, 11) is 0. The van der Waals surface area contributed by atoms with E-state index in [2.05, 4.69) is 4.99 Å². The number of nitrogens with zero attached hydrogens (tertiary/aromatic N) is 1. The average molecular weight is 303 g/mol. The van der Waals surface area contributed by atoms with Crippen LogP contribution < -0.4 is 4.74 Å². The van der Waals surface area contributed by atoms with Crippen molar-refractivity contribution in [3.05, 3.63) is 90.0 Å². The topological polar surface area (TPSA) is 41.8 Å². The molecule has 3 aromatic carbocycles. The van der Waals surface area contributed by atoms with Crippen molar-refractivity contribution in [3.63, 3.8) is 0 Å². The number of phenolic OH excluding ortho intramolecular Hbond substituents is 1. The van der Waals surface area contributed by atoms with Crippen molar-refractivity contribution < 1.29 is 9.84 Å². The largest absolute Gasteiger partial charge is 0.507 e. The van der Waals surface area contributed by atoms with Crippen molar-refractivity contribution in [2.24, 2.45) is 4.99 Å². The summed E-state index contributed by atoms with van der Waals surface area (Å²) in [6.45, 7) is 0.543. The molecule has 0 atom stereocenters. The third-order valence-electron chi connectivity index (χ3n) is 3.37. The first-order valence-electron chi connectivity index (χ1n) is 7.40. The monoisotopic (exact) mass is 303 g/mol. The molecule has 0 aliphatic heterocycles. The molecule has 3 aromatic rings. The van der Waals surface area contributed by atoms with Gasteiger partial charge >= 0.3 is 0 Å². The lowest BCUT2D eigenvalue weighted by Crippen LogP contribution is -1.94. The number of aliphatic imine (C=N–C) groups is 1. The molecule has 3 heteroatoms. The molecule has 0 aromatic heterocycles. The summed E-state index contributed by atoms with van der Waals surface area (Å²) in [5, 5.41) is 9.70. The van der Waals surface area contributed by atoms with Gasteiger partial charge in [0, 0.05) is 11.8 Å². The molecular weight excluding hydrogens is 286 g/mol. The summed E-state index contributed by atoms with van der Waals surface area (Å²) >= 11 is 0. The fraction of sp³-hybridized carbons (Fsp3) is 0.0500. The smallest absolute Gasteiger partial charge is 0.124 e. The fourth-order valence-electron chi connectivity index (χ4n) is 2.11. The van der Waals surface area contributed by atoms with Gasteiger partial charge in [-0.1, -0.05) is 42.5 Å². The molecular formula is C20H17NO2. The van der Waals surface area contributed by atoms with Gasteiger partial charge in [-0.2, -0.15) is 0 Å². The van der Waals surface area contributed by atoms with Crippen molar-refractivity contribution >= 4 is 11.9 Å². The average Bonchev–Trinajstić information content (AvgIpc) is 2.61. The molecule has 0 amide bonds. The zero-order valence-corrected chi connectivity index (χ0v) is 12.6. The second kappa shape index (κ2) is 7.27. The van der Waals surface area contributed by atoms with E-state index in [-0.39, 0.29) is 5.75 Å². The van der Waals surface area contributed by atoms with Crippen LogP contribution >= 0.6 is 0 Å². The van der Waals surface area contributed by atoms with Gasteiger partial charge in [0.05, 0.1) is 5.69 Å². The summed E-state index contributed by atoms with van der Waals surface area (Å²) in [4.78, 5) is 4.36. The van der Waals surface area contributed by atoms with Crippen LogP contribution in [0.4, 0.5) is 5.69 Å².